The maximum Gasteiger partial charge on any atom is 0.336 e. The van der Waals surface area contributed by atoms with Crippen molar-refractivity contribution in [3.05, 3.63) is 40.2 Å². The highest BCUT2D eigenvalue weighted by molar-refractivity contribution is 5.82. The molecule has 132 valence electrons. The number of aryl methyl sites for hydroxylation is 1. The summed E-state index contributed by atoms with van der Waals surface area (Å²) >= 11 is 0. The lowest BCUT2D eigenvalue weighted by Crippen LogP contribution is -2.36. The van der Waals surface area contributed by atoms with Crippen molar-refractivity contribution in [3.8, 4) is 5.75 Å². The van der Waals surface area contributed by atoms with Crippen LogP contribution in [-0.2, 0) is 11.2 Å². The van der Waals surface area contributed by atoms with Gasteiger partial charge < -0.3 is 19.2 Å². The van der Waals surface area contributed by atoms with Gasteiger partial charge in [0.15, 0.2) is 6.61 Å². The van der Waals surface area contributed by atoms with Gasteiger partial charge >= 0.3 is 5.63 Å². The van der Waals surface area contributed by atoms with E-state index in [1.165, 1.54) is 6.07 Å². The number of carbonyl (C=O) groups excluding carboxylic acids is 1. The molecule has 1 saturated heterocycles. The maximum atomic E-state index is 12.3. The Morgan fingerprint density at radius 3 is 3.00 bits per heavy atom. The Labute approximate surface area is 145 Å². The molecule has 1 N–H and O–H groups in total. The number of piperidine rings is 1. The summed E-state index contributed by atoms with van der Waals surface area (Å²) in [5.74, 6) is 0.853. The fourth-order valence-electron chi connectivity index (χ4n) is 3.86. The van der Waals surface area contributed by atoms with Gasteiger partial charge in [-0.3, -0.25) is 4.79 Å². The highest BCUT2D eigenvalue weighted by Gasteiger charge is 2.60. The van der Waals surface area contributed by atoms with Crippen LogP contribution >= 0.6 is 0 Å². The standard InChI is InChI=1S/C19H21NO5/c1-2-12-5-18(23)25-16-6-14(3-4-15(12)16)24-9-17(22)20-8-13-7-19(13,10-20)11-21/h3-6,13,21H,2,7-11H2,1H3/t13-,19+/m1/s1. The first-order chi connectivity index (χ1) is 12.0. The van der Waals surface area contributed by atoms with E-state index in [-0.39, 0.29) is 30.2 Å². The van der Waals surface area contributed by atoms with Crippen LogP contribution in [0.1, 0.15) is 18.9 Å². The summed E-state index contributed by atoms with van der Waals surface area (Å²) < 4.78 is 10.8. The van der Waals surface area contributed by atoms with Gasteiger partial charge in [-0.1, -0.05) is 6.92 Å². The summed E-state index contributed by atoms with van der Waals surface area (Å²) in [6.07, 6.45) is 1.75. The molecule has 2 atom stereocenters. The monoisotopic (exact) mass is 343 g/mol. The Bertz CT molecular complexity index is 885. The second-order valence-corrected chi connectivity index (χ2v) is 7.09. The zero-order valence-corrected chi connectivity index (χ0v) is 14.2. The van der Waals surface area contributed by atoms with Crippen LogP contribution < -0.4 is 10.4 Å². The third kappa shape index (κ3) is 2.80. The Hall–Kier alpha value is -2.34. The molecule has 25 heavy (non-hydrogen) atoms. The van der Waals surface area contributed by atoms with Crippen LogP contribution in [0.3, 0.4) is 0 Å². The number of benzene rings is 1. The average molecular weight is 343 g/mol. The van der Waals surface area contributed by atoms with Crippen LogP contribution in [0.2, 0.25) is 0 Å². The normalized spacial score (nSPS) is 24.4. The molecule has 1 saturated carbocycles. The van der Waals surface area contributed by atoms with Crippen molar-refractivity contribution in [3.63, 3.8) is 0 Å². The second kappa shape index (κ2) is 5.88. The third-order valence-corrected chi connectivity index (χ3v) is 5.52. The van der Waals surface area contributed by atoms with E-state index in [4.69, 9.17) is 9.15 Å². The molecule has 1 aliphatic heterocycles. The number of aliphatic hydroxyl groups is 1. The van der Waals surface area contributed by atoms with E-state index in [1.54, 1.807) is 17.0 Å². The van der Waals surface area contributed by atoms with E-state index in [0.717, 1.165) is 23.8 Å². The molecule has 1 aromatic heterocycles. The van der Waals surface area contributed by atoms with E-state index >= 15 is 0 Å². The van der Waals surface area contributed by atoms with Crippen molar-refractivity contribution in [1.29, 1.82) is 0 Å². The molecule has 0 bridgehead atoms. The van der Waals surface area contributed by atoms with Gasteiger partial charge in [0.25, 0.3) is 5.91 Å². The van der Waals surface area contributed by atoms with Gasteiger partial charge in [-0.25, -0.2) is 4.79 Å². The predicted octanol–water partition coefficient (Wildman–Crippen LogP) is 1.57. The molecule has 0 radical (unpaired) electrons. The zero-order valence-electron chi connectivity index (χ0n) is 14.2. The smallest absolute Gasteiger partial charge is 0.336 e. The van der Waals surface area contributed by atoms with Gasteiger partial charge in [-0.15, -0.1) is 0 Å². The van der Waals surface area contributed by atoms with E-state index in [1.807, 2.05) is 13.0 Å². The van der Waals surface area contributed by atoms with Gasteiger partial charge in [0, 0.05) is 36.0 Å². The number of carbonyl (C=O) groups is 1. The maximum absolute atomic E-state index is 12.3. The number of amides is 1. The lowest BCUT2D eigenvalue weighted by molar-refractivity contribution is -0.133. The van der Waals surface area contributed by atoms with Gasteiger partial charge in [-0.05, 0) is 36.5 Å². The number of hydrogen-bond acceptors (Lipinski definition) is 5. The molecule has 1 amide bonds. The minimum Gasteiger partial charge on any atom is -0.484 e. The lowest BCUT2D eigenvalue weighted by Gasteiger charge is -2.20. The van der Waals surface area contributed by atoms with Gasteiger partial charge in [0.1, 0.15) is 11.3 Å². The van der Waals surface area contributed by atoms with E-state index in [9.17, 15) is 14.7 Å². The molecule has 6 heteroatoms. The Kier molecular flexibility index (Phi) is 3.80. The van der Waals surface area contributed by atoms with Gasteiger partial charge in [0.05, 0.1) is 6.61 Å². The van der Waals surface area contributed by atoms with E-state index in [2.05, 4.69) is 0 Å². The molecule has 0 unspecified atom stereocenters. The number of rotatable bonds is 5. The van der Waals surface area contributed by atoms with Crippen LogP contribution in [0.4, 0.5) is 0 Å². The van der Waals surface area contributed by atoms with Crippen molar-refractivity contribution in [2.75, 3.05) is 26.3 Å². The van der Waals surface area contributed by atoms with Crippen LogP contribution in [0, 0.1) is 11.3 Å². The molecular formula is C19H21NO5. The summed E-state index contributed by atoms with van der Waals surface area (Å²) in [6.45, 7) is 3.39. The molecule has 2 heterocycles. The molecule has 4 rings (SSSR count). The second-order valence-electron chi connectivity index (χ2n) is 7.09. The molecule has 1 aromatic carbocycles. The highest BCUT2D eigenvalue weighted by Crippen LogP contribution is 2.57. The quantitative estimate of drug-likeness (QED) is 0.834. The molecule has 2 aliphatic rings. The van der Waals surface area contributed by atoms with Crippen molar-refractivity contribution in [1.82, 2.24) is 4.90 Å². The van der Waals surface area contributed by atoms with Crippen molar-refractivity contribution >= 4 is 16.9 Å². The fourth-order valence-corrected chi connectivity index (χ4v) is 3.86. The number of hydrogen-bond donors (Lipinski definition) is 1. The summed E-state index contributed by atoms with van der Waals surface area (Å²) in [6, 6.07) is 6.79. The number of fused-ring (bicyclic) bond motifs is 2. The summed E-state index contributed by atoms with van der Waals surface area (Å²) in [4.78, 5) is 25.7. The van der Waals surface area contributed by atoms with Crippen LogP contribution in [0.5, 0.6) is 5.75 Å². The first kappa shape index (κ1) is 16.1. The highest BCUT2D eigenvalue weighted by atomic mass is 16.5. The summed E-state index contributed by atoms with van der Waals surface area (Å²) in [5, 5.41) is 10.3. The Balaban J connectivity index is 1.45. The minimum atomic E-state index is -0.386. The number of ether oxygens (including phenoxy) is 1. The van der Waals surface area contributed by atoms with Crippen LogP contribution in [0.15, 0.2) is 33.5 Å². The first-order valence-electron chi connectivity index (χ1n) is 8.63. The van der Waals surface area contributed by atoms with Gasteiger partial charge in [-0.2, -0.15) is 0 Å². The largest absolute Gasteiger partial charge is 0.484 e. The SMILES string of the molecule is CCc1cc(=O)oc2cc(OCC(=O)N3C[C@H]4C[C@@]4(CO)C3)ccc12. The topological polar surface area (TPSA) is 80.0 Å². The summed E-state index contributed by atoms with van der Waals surface area (Å²) in [7, 11) is 0. The Morgan fingerprint density at radius 1 is 1.44 bits per heavy atom. The minimum absolute atomic E-state index is 0.0570. The molecule has 1 aliphatic carbocycles. The number of likely N-dealkylation sites (tertiary alicyclic amines) is 1. The Morgan fingerprint density at radius 2 is 2.28 bits per heavy atom. The molecular weight excluding hydrogens is 322 g/mol. The predicted molar refractivity (Wildman–Crippen MR) is 91.6 cm³/mol. The molecule has 2 aromatic rings. The molecule has 0 spiro atoms. The number of aliphatic hydroxyl groups excluding tert-OH is 1. The van der Waals surface area contributed by atoms with Gasteiger partial charge in [0.2, 0.25) is 0 Å². The molecule has 2 fully saturated rings. The lowest BCUT2D eigenvalue weighted by atomic mass is 10.1. The van der Waals surface area contributed by atoms with E-state index < -0.39 is 0 Å². The first-order valence-corrected chi connectivity index (χ1v) is 8.63. The fraction of sp³-hybridized carbons (Fsp3) is 0.474. The third-order valence-electron chi connectivity index (χ3n) is 5.52. The van der Waals surface area contributed by atoms with Crippen molar-refractivity contribution < 1.29 is 19.1 Å². The van der Waals surface area contributed by atoms with Crippen LogP contribution in [0.25, 0.3) is 11.0 Å². The number of nitrogens with zero attached hydrogens (tertiary/aromatic N) is 1. The van der Waals surface area contributed by atoms with E-state index in [0.29, 0.717) is 30.3 Å². The summed E-state index contributed by atoms with van der Waals surface area (Å²) in [5.41, 5.74) is 0.956. The average Bonchev–Trinajstić information content (AvgIpc) is 3.19. The van der Waals surface area contributed by atoms with Crippen LogP contribution in [-0.4, -0.2) is 42.2 Å². The zero-order chi connectivity index (χ0) is 17.6. The van der Waals surface area contributed by atoms with Crippen molar-refractivity contribution in [2.45, 2.75) is 19.8 Å². The molecule has 6 nitrogen and oxygen atoms in total. The van der Waals surface area contributed by atoms with Crippen molar-refractivity contribution in [2.24, 2.45) is 11.3 Å².